The summed E-state index contributed by atoms with van der Waals surface area (Å²) in [7, 11) is 0. The minimum Gasteiger partial charge on any atom is -0.480 e. The van der Waals surface area contributed by atoms with E-state index in [1.54, 1.807) is 6.92 Å². The van der Waals surface area contributed by atoms with Crippen LogP contribution in [0.3, 0.4) is 0 Å². The van der Waals surface area contributed by atoms with Gasteiger partial charge in [-0.05, 0) is 51.9 Å². The van der Waals surface area contributed by atoms with Gasteiger partial charge in [0, 0.05) is 19.4 Å². The summed E-state index contributed by atoms with van der Waals surface area (Å²) in [4.78, 5) is 34.7. The van der Waals surface area contributed by atoms with Crippen LogP contribution in [-0.4, -0.2) is 35.5 Å². The zero-order valence-electron chi connectivity index (χ0n) is 19.7. The van der Waals surface area contributed by atoms with E-state index < -0.39 is 12.0 Å². The molecule has 6 heteroatoms. The monoisotopic (exact) mass is 436 g/mol. The van der Waals surface area contributed by atoms with Crippen molar-refractivity contribution in [2.24, 2.45) is 0 Å². The first-order valence-corrected chi connectivity index (χ1v) is 12.1. The van der Waals surface area contributed by atoms with E-state index >= 15 is 0 Å². The van der Waals surface area contributed by atoms with Crippen LogP contribution in [0, 0.1) is 0 Å². The van der Waals surface area contributed by atoms with Crippen LogP contribution in [0.2, 0.25) is 0 Å². The number of carboxylic acid groups (broad SMARTS) is 1. The highest BCUT2D eigenvalue weighted by molar-refractivity contribution is 5.84. The van der Waals surface area contributed by atoms with Crippen molar-refractivity contribution in [2.75, 3.05) is 6.54 Å². The predicted molar refractivity (Wildman–Crippen MR) is 127 cm³/mol. The predicted octanol–water partition coefficient (Wildman–Crippen LogP) is 5.29. The number of carboxylic acids is 1. The van der Waals surface area contributed by atoms with Crippen LogP contribution in [0.15, 0.2) is 24.3 Å². The van der Waals surface area contributed by atoms with Crippen LogP contribution >= 0.6 is 0 Å². The van der Waals surface area contributed by atoms with E-state index in [9.17, 15) is 19.5 Å². The second-order valence-electron chi connectivity index (χ2n) is 7.93. The second-order valence-corrected chi connectivity index (χ2v) is 7.93. The number of hydrogen-bond acceptors (Lipinski definition) is 3. The summed E-state index contributed by atoms with van der Waals surface area (Å²) in [6.07, 6.45) is 21.8. The average molecular weight is 437 g/mol. The molecule has 0 aromatic rings. The summed E-state index contributed by atoms with van der Waals surface area (Å²) in [5.41, 5.74) is 0. The van der Waals surface area contributed by atoms with E-state index in [0.29, 0.717) is 13.0 Å². The fourth-order valence-electron chi connectivity index (χ4n) is 3.18. The van der Waals surface area contributed by atoms with E-state index in [0.717, 1.165) is 44.9 Å². The summed E-state index contributed by atoms with van der Waals surface area (Å²) in [5, 5.41) is 14.4. The number of carbonyl (C=O) groups is 3. The maximum absolute atomic E-state index is 12.0. The zero-order chi connectivity index (χ0) is 23.2. The number of aliphatic carboxylic acids is 1. The van der Waals surface area contributed by atoms with Gasteiger partial charge in [-0.25, -0.2) is 4.79 Å². The molecule has 31 heavy (non-hydrogen) atoms. The number of carbonyl (C=O) groups excluding carboxylic acids is 2. The van der Waals surface area contributed by atoms with Gasteiger partial charge in [0.15, 0.2) is 0 Å². The lowest BCUT2D eigenvalue weighted by Crippen LogP contribution is -2.41. The normalized spacial score (nSPS) is 12.3. The molecule has 0 saturated heterocycles. The van der Waals surface area contributed by atoms with Crippen molar-refractivity contribution in [2.45, 2.75) is 110 Å². The quantitative estimate of drug-likeness (QED) is 0.179. The summed E-state index contributed by atoms with van der Waals surface area (Å²) in [6.45, 7) is 4.54. The molecule has 178 valence electrons. The highest BCUT2D eigenvalue weighted by Crippen LogP contribution is 2.09. The Morgan fingerprint density at radius 2 is 1.39 bits per heavy atom. The molecule has 0 aliphatic carbocycles. The van der Waals surface area contributed by atoms with Crippen LogP contribution in [0.4, 0.5) is 0 Å². The molecule has 0 rings (SSSR count). The number of unbranched alkanes of at least 4 members (excludes halogenated alkanes) is 8. The number of hydrogen-bond donors (Lipinski definition) is 3. The fourth-order valence-corrected chi connectivity index (χ4v) is 3.18. The molecule has 3 N–H and O–H groups in total. The molecule has 0 saturated carbocycles. The van der Waals surface area contributed by atoms with Crippen molar-refractivity contribution in [3.8, 4) is 0 Å². The van der Waals surface area contributed by atoms with E-state index in [1.165, 1.54) is 25.7 Å². The minimum atomic E-state index is -1.10. The average Bonchev–Trinajstić information content (AvgIpc) is 2.73. The zero-order valence-corrected chi connectivity index (χ0v) is 19.7. The first kappa shape index (κ1) is 28.9. The van der Waals surface area contributed by atoms with Gasteiger partial charge >= 0.3 is 5.97 Å². The van der Waals surface area contributed by atoms with Crippen molar-refractivity contribution >= 4 is 17.8 Å². The van der Waals surface area contributed by atoms with E-state index in [1.807, 2.05) is 0 Å². The maximum Gasteiger partial charge on any atom is 0.326 e. The fraction of sp³-hybridized carbons (Fsp3) is 0.720. The summed E-state index contributed by atoms with van der Waals surface area (Å²) >= 11 is 0. The lowest BCUT2D eigenvalue weighted by Gasteiger charge is -2.14. The van der Waals surface area contributed by atoms with Crippen LogP contribution in [-0.2, 0) is 14.4 Å². The van der Waals surface area contributed by atoms with Gasteiger partial charge in [0.05, 0.1) is 0 Å². The molecule has 0 aromatic carbocycles. The van der Waals surface area contributed by atoms with Gasteiger partial charge in [-0.1, -0.05) is 63.3 Å². The first-order chi connectivity index (χ1) is 15.0. The molecule has 0 heterocycles. The third-order valence-electron chi connectivity index (χ3n) is 5.02. The van der Waals surface area contributed by atoms with Crippen LogP contribution in [0.1, 0.15) is 104 Å². The van der Waals surface area contributed by atoms with Gasteiger partial charge in [-0.3, -0.25) is 9.59 Å². The van der Waals surface area contributed by atoms with E-state index in [4.69, 9.17) is 0 Å². The van der Waals surface area contributed by atoms with E-state index in [-0.39, 0.29) is 24.7 Å². The summed E-state index contributed by atoms with van der Waals surface area (Å²) < 4.78 is 0. The van der Waals surface area contributed by atoms with Crippen molar-refractivity contribution in [1.82, 2.24) is 10.6 Å². The largest absolute Gasteiger partial charge is 0.480 e. The molecule has 2 amide bonds. The molecule has 0 radical (unpaired) electrons. The van der Waals surface area contributed by atoms with Crippen molar-refractivity contribution < 1.29 is 19.5 Å². The summed E-state index contributed by atoms with van der Waals surface area (Å²) in [6, 6.07) is -1.01. The van der Waals surface area contributed by atoms with Crippen LogP contribution in [0.5, 0.6) is 0 Å². The van der Waals surface area contributed by atoms with Gasteiger partial charge in [-0.15, -0.1) is 0 Å². The smallest absolute Gasteiger partial charge is 0.326 e. The van der Waals surface area contributed by atoms with Crippen LogP contribution < -0.4 is 10.6 Å². The molecule has 1 unspecified atom stereocenters. The Kier molecular flexibility index (Phi) is 19.7. The number of allylic oxidation sites excluding steroid dienone is 4. The molecular formula is C25H44N2O4. The lowest BCUT2D eigenvalue weighted by atomic mass is 10.1. The first-order valence-electron chi connectivity index (χ1n) is 12.1. The number of amides is 2. The van der Waals surface area contributed by atoms with Gasteiger partial charge in [0.2, 0.25) is 11.8 Å². The SMILES string of the molecule is CCCCC/C=C\C/C=C\CCCCCCCC(=O)NC(CCC(=O)NCC)C(=O)O. The minimum absolute atomic E-state index is 0.0920. The van der Waals surface area contributed by atoms with Gasteiger partial charge in [0.25, 0.3) is 0 Å². The van der Waals surface area contributed by atoms with Crippen molar-refractivity contribution in [3.63, 3.8) is 0 Å². The third kappa shape index (κ3) is 19.6. The van der Waals surface area contributed by atoms with Crippen LogP contribution in [0.25, 0.3) is 0 Å². The Bertz CT molecular complexity index is 544. The molecule has 0 fully saturated rings. The molecule has 0 spiro atoms. The Hall–Kier alpha value is -2.11. The van der Waals surface area contributed by atoms with E-state index in [2.05, 4.69) is 41.9 Å². The van der Waals surface area contributed by atoms with Gasteiger partial charge in [0.1, 0.15) is 6.04 Å². The second kappa shape index (κ2) is 21.1. The highest BCUT2D eigenvalue weighted by atomic mass is 16.4. The molecule has 0 bridgehead atoms. The summed E-state index contributed by atoms with van der Waals surface area (Å²) in [5.74, 6) is -1.55. The molecule has 0 aliphatic rings. The van der Waals surface area contributed by atoms with Crippen molar-refractivity contribution in [3.05, 3.63) is 24.3 Å². The van der Waals surface area contributed by atoms with Gasteiger partial charge < -0.3 is 15.7 Å². The Morgan fingerprint density at radius 1 is 0.774 bits per heavy atom. The molecule has 1 atom stereocenters. The maximum atomic E-state index is 12.0. The lowest BCUT2D eigenvalue weighted by molar-refractivity contribution is -0.142. The standard InChI is InChI=1S/C25H44N2O4/c1-3-5-6-7-8-9-10-11-12-13-14-15-16-17-18-19-24(29)27-22(25(30)31)20-21-23(28)26-4-2/h8-9,11-12,22H,3-7,10,13-21H2,1-2H3,(H,26,28)(H,27,29)(H,30,31)/b9-8-,12-11-. The molecule has 6 nitrogen and oxygen atoms in total. The molecule has 0 aromatic heterocycles. The highest BCUT2D eigenvalue weighted by Gasteiger charge is 2.20. The van der Waals surface area contributed by atoms with Gasteiger partial charge in [-0.2, -0.15) is 0 Å². The molecular weight excluding hydrogens is 392 g/mol. The third-order valence-corrected chi connectivity index (χ3v) is 5.02. The Balaban J connectivity index is 3.70. The number of nitrogens with one attached hydrogen (secondary N) is 2. The topological polar surface area (TPSA) is 95.5 Å². The Morgan fingerprint density at radius 3 is 2.00 bits per heavy atom. The number of rotatable bonds is 20. The molecule has 0 aliphatic heterocycles. The Labute approximate surface area is 188 Å². The van der Waals surface area contributed by atoms with Crippen molar-refractivity contribution in [1.29, 1.82) is 0 Å².